The number of nitrogens with zero attached hydrogens (tertiary/aromatic N) is 1. The SMILES string of the molecule is Cc1c(C(=O)NCC2CNC2)cnc2ccccc12. The van der Waals surface area contributed by atoms with E-state index in [0.29, 0.717) is 11.5 Å². The van der Waals surface area contributed by atoms with Gasteiger partial charge in [0.25, 0.3) is 5.91 Å². The lowest BCUT2D eigenvalue weighted by Crippen LogP contribution is -2.48. The van der Waals surface area contributed by atoms with Crippen molar-refractivity contribution in [3.8, 4) is 0 Å². The number of aromatic nitrogens is 1. The van der Waals surface area contributed by atoms with E-state index in [1.807, 2.05) is 31.2 Å². The van der Waals surface area contributed by atoms with E-state index in [1.54, 1.807) is 6.20 Å². The van der Waals surface area contributed by atoms with Gasteiger partial charge in [0.15, 0.2) is 0 Å². The van der Waals surface area contributed by atoms with Gasteiger partial charge in [0.05, 0.1) is 11.1 Å². The van der Waals surface area contributed by atoms with Crippen molar-refractivity contribution in [2.75, 3.05) is 19.6 Å². The molecule has 1 aromatic heterocycles. The van der Waals surface area contributed by atoms with E-state index < -0.39 is 0 Å². The highest BCUT2D eigenvalue weighted by molar-refractivity contribution is 5.99. The summed E-state index contributed by atoms with van der Waals surface area (Å²) in [6.07, 6.45) is 1.67. The van der Waals surface area contributed by atoms with E-state index in [-0.39, 0.29) is 5.91 Å². The maximum atomic E-state index is 12.2. The number of nitrogens with one attached hydrogen (secondary N) is 2. The molecule has 19 heavy (non-hydrogen) atoms. The third kappa shape index (κ3) is 2.31. The number of para-hydroxylation sites is 1. The van der Waals surface area contributed by atoms with Crippen LogP contribution in [0.25, 0.3) is 10.9 Å². The Labute approximate surface area is 112 Å². The van der Waals surface area contributed by atoms with Crippen LogP contribution in [0, 0.1) is 12.8 Å². The van der Waals surface area contributed by atoms with E-state index in [2.05, 4.69) is 15.6 Å². The zero-order valence-corrected chi connectivity index (χ0v) is 10.9. The number of hydrogen-bond acceptors (Lipinski definition) is 3. The Hall–Kier alpha value is -1.94. The number of benzene rings is 1. The van der Waals surface area contributed by atoms with Crippen LogP contribution in [0.3, 0.4) is 0 Å². The molecule has 1 saturated heterocycles. The van der Waals surface area contributed by atoms with Crippen LogP contribution < -0.4 is 10.6 Å². The number of fused-ring (bicyclic) bond motifs is 1. The van der Waals surface area contributed by atoms with Crippen LogP contribution in [0.5, 0.6) is 0 Å². The molecule has 4 heteroatoms. The molecule has 1 amide bonds. The van der Waals surface area contributed by atoms with E-state index >= 15 is 0 Å². The van der Waals surface area contributed by atoms with Crippen molar-refractivity contribution in [3.05, 3.63) is 41.6 Å². The summed E-state index contributed by atoms with van der Waals surface area (Å²) < 4.78 is 0. The quantitative estimate of drug-likeness (QED) is 0.873. The fraction of sp³-hybridized carbons (Fsp3) is 0.333. The molecule has 0 radical (unpaired) electrons. The zero-order valence-electron chi connectivity index (χ0n) is 10.9. The van der Waals surface area contributed by atoms with Gasteiger partial charge in [-0.15, -0.1) is 0 Å². The summed E-state index contributed by atoms with van der Waals surface area (Å²) in [5.74, 6) is 0.542. The molecule has 0 unspecified atom stereocenters. The summed E-state index contributed by atoms with van der Waals surface area (Å²) in [5.41, 5.74) is 2.60. The Kier molecular flexibility index (Phi) is 3.17. The topological polar surface area (TPSA) is 54.0 Å². The fourth-order valence-corrected chi connectivity index (χ4v) is 2.33. The van der Waals surface area contributed by atoms with Crippen LogP contribution in [0.1, 0.15) is 15.9 Å². The molecule has 0 bridgehead atoms. The van der Waals surface area contributed by atoms with Gasteiger partial charge in [-0.05, 0) is 18.6 Å². The fourth-order valence-electron chi connectivity index (χ4n) is 2.33. The zero-order chi connectivity index (χ0) is 13.2. The number of carbonyl (C=O) groups is 1. The Bertz CT molecular complexity index is 620. The lowest BCUT2D eigenvalue weighted by Gasteiger charge is -2.27. The standard InChI is InChI=1S/C15H17N3O/c1-10-12-4-2-3-5-14(12)17-9-13(10)15(19)18-8-11-6-16-7-11/h2-5,9,11,16H,6-8H2,1H3,(H,18,19). The van der Waals surface area contributed by atoms with Crippen LogP contribution in [-0.4, -0.2) is 30.5 Å². The summed E-state index contributed by atoms with van der Waals surface area (Å²) in [7, 11) is 0. The van der Waals surface area contributed by atoms with E-state index in [9.17, 15) is 4.79 Å². The summed E-state index contributed by atoms with van der Waals surface area (Å²) in [4.78, 5) is 16.5. The number of rotatable bonds is 3. The number of hydrogen-bond donors (Lipinski definition) is 2. The molecule has 4 nitrogen and oxygen atoms in total. The Morgan fingerprint density at radius 1 is 1.42 bits per heavy atom. The van der Waals surface area contributed by atoms with Crippen LogP contribution in [-0.2, 0) is 0 Å². The van der Waals surface area contributed by atoms with Gasteiger partial charge >= 0.3 is 0 Å². The molecule has 1 fully saturated rings. The molecular formula is C15H17N3O. The Morgan fingerprint density at radius 2 is 2.21 bits per heavy atom. The van der Waals surface area contributed by atoms with E-state index in [0.717, 1.165) is 36.1 Å². The molecule has 2 heterocycles. The second-order valence-electron chi connectivity index (χ2n) is 5.05. The highest BCUT2D eigenvalue weighted by atomic mass is 16.1. The average molecular weight is 255 g/mol. The minimum Gasteiger partial charge on any atom is -0.352 e. The first-order chi connectivity index (χ1) is 9.25. The minimum atomic E-state index is -0.0253. The second kappa shape index (κ2) is 4.97. The van der Waals surface area contributed by atoms with Crippen LogP contribution in [0.2, 0.25) is 0 Å². The molecule has 1 aromatic carbocycles. The molecule has 1 aliphatic rings. The highest BCUT2D eigenvalue weighted by Crippen LogP contribution is 2.19. The van der Waals surface area contributed by atoms with E-state index in [4.69, 9.17) is 0 Å². The second-order valence-corrected chi connectivity index (χ2v) is 5.05. The first-order valence-electron chi connectivity index (χ1n) is 6.59. The third-order valence-corrected chi connectivity index (χ3v) is 3.71. The molecule has 3 rings (SSSR count). The maximum Gasteiger partial charge on any atom is 0.253 e. The van der Waals surface area contributed by atoms with Gasteiger partial charge in [-0.2, -0.15) is 0 Å². The molecule has 0 saturated carbocycles. The van der Waals surface area contributed by atoms with Crippen LogP contribution in [0.4, 0.5) is 0 Å². The average Bonchev–Trinajstić information content (AvgIpc) is 2.37. The van der Waals surface area contributed by atoms with Crippen molar-refractivity contribution < 1.29 is 4.79 Å². The van der Waals surface area contributed by atoms with Crippen LogP contribution >= 0.6 is 0 Å². The summed E-state index contributed by atoms with van der Waals surface area (Å²) >= 11 is 0. The van der Waals surface area contributed by atoms with Gasteiger partial charge in [0, 0.05) is 37.1 Å². The van der Waals surface area contributed by atoms with Gasteiger partial charge in [0.2, 0.25) is 0 Å². The molecule has 0 spiro atoms. The number of pyridine rings is 1. The molecule has 1 aliphatic heterocycles. The van der Waals surface area contributed by atoms with Gasteiger partial charge in [-0.25, -0.2) is 0 Å². The van der Waals surface area contributed by atoms with Crippen LogP contribution in [0.15, 0.2) is 30.5 Å². The Balaban J connectivity index is 1.83. The normalized spacial score (nSPS) is 15.2. The number of amides is 1. The summed E-state index contributed by atoms with van der Waals surface area (Å²) in [6.45, 7) is 4.70. The van der Waals surface area contributed by atoms with Gasteiger partial charge in [-0.3, -0.25) is 9.78 Å². The van der Waals surface area contributed by atoms with Crippen molar-refractivity contribution in [1.82, 2.24) is 15.6 Å². The molecule has 0 aliphatic carbocycles. The summed E-state index contributed by atoms with van der Waals surface area (Å²) in [6, 6.07) is 7.89. The van der Waals surface area contributed by atoms with Crippen molar-refractivity contribution in [3.63, 3.8) is 0 Å². The first kappa shape index (κ1) is 12.1. The highest BCUT2D eigenvalue weighted by Gasteiger charge is 2.18. The van der Waals surface area contributed by atoms with Gasteiger partial charge < -0.3 is 10.6 Å². The van der Waals surface area contributed by atoms with Crippen molar-refractivity contribution >= 4 is 16.8 Å². The molecule has 0 atom stereocenters. The first-order valence-corrected chi connectivity index (χ1v) is 6.59. The number of aryl methyl sites for hydroxylation is 1. The van der Waals surface area contributed by atoms with Gasteiger partial charge in [0.1, 0.15) is 0 Å². The van der Waals surface area contributed by atoms with Gasteiger partial charge in [-0.1, -0.05) is 18.2 Å². The monoisotopic (exact) mass is 255 g/mol. The van der Waals surface area contributed by atoms with Crippen molar-refractivity contribution in [1.29, 1.82) is 0 Å². The maximum absolute atomic E-state index is 12.2. The number of carbonyl (C=O) groups excluding carboxylic acids is 1. The minimum absolute atomic E-state index is 0.0253. The summed E-state index contributed by atoms with van der Waals surface area (Å²) in [5, 5.41) is 7.23. The molecule has 2 aromatic rings. The predicted octanol–water partition coefficient (Wildman–Crippen LogP) is 1.49. The van der Waals surface area contributed by atoms with E-state index in [1.165, 1.54) is 0 Å². The molecule has 2 N–H and O–H groups in total. The molecule has 98 valence electrons. The van der Waals surface area contributed by atoms with Crippen molar-refractivity contribution in [2.24, 2.45) is 5.92 Å². The lowest BCUT2D eigenvalue weighted by molar-refractivity contribution is 0.0941. The lowest BCUT2D eigenvalue weighted by atomic mass is 10.0. The largest absolute Gasteiger partial charge is 0.352 e. The Morgan fingerprint density at radius 3 is 2.95 bits per heavy atom. The molecular weight excluding hydrogens is 238 g/mol. The predicted molar refractivity (Wildman–Crippen MR) is 75.2 cm³/mol. The van der Waals surface area contributed by atoms with Crippen molar-refractivity contribution in [2.45, 2.75) is 6.92 Å². The smallest absolute Gasteiger partial charge is 0.253 e. The third-order valence-electron chi connectivity index (χ3n) is 3.71.